The van der Waals surface area contributed by atoms with Crippen LogP contribution in [0.25, 0.3) is 0 Å². The number of alkyl halides is 3. The Morgan fingerprint density at radius 2 is 1.65 bits per heavy atom. The highest BCUT2D eigenvalue weighted by Crippen LogP contribution is 2.22. The molecule has 1 unspecified atom stereocenters. The molecule has 0 bridgehead atoms. The first-order valence-corrected chi connectivity index (χ1v) is 7.91. The van der Waals surface area contributed by atoms with Crippen molar-refractivity contribution in [1.82, 2.24) is 4.72 Å². The summed E-state index contributed by atoms with van der Waals surface area (Å²) in [6.07, 6.45) is 4.79. The second-order valence-electron chi connectivity index (χ2n) is 4.51. The molecular formula is C11H20F3NO4S. The highest BCUT2D eigenvalue weighted by Gasteiger charge is 2.47. The van der Waals surface area contributed by atoms with E-state index in [1.54, 1.807) is 0 Å². The van der Waals surface area contributed by atoms with Crippen molar-refractivity contribution in [2.45, 2.75) is 63.4 Å². The average molecular weight is 319 g/mol. The topological polar surface area (TPSA) is 83.5 Å². The number of hydrogen-bond acceptors (Lipinski definition) is 3. The number of aliphatic carboxylic acids is 1. The zero-order valence-corrected chi connectivity index (χ0v) is 12.1. The van der Waals surface area contributed by atoms with E-state index in [4.69, 9.17) is 5.11 Å². The van der Waals surface area contributed by atoms with Gasteiger partial charge in [0, 0.05) is 0 Å². The van der Waals surface area contributed by atoms with Crippen molar-refractivity contribution in [3.05, 3.63) is 0 Å². The summed E-state index contributed by atoms with van der Waals surface area (Å²) in [6, 6.07) is -1.74. The van der Waals surface area contributed by atoms with Gasteiger partial charge in [-0.05, 0) is 6.42 Å². The van der Waals surface area contributed by atoms with Crippen molar-refractivity contribution >= 4 is 16.0 Å². The van der Waals surface area contributed by atoms with E-state index in [0.29, 0.717) is 12.8 Å². The Morgan fingerprint density at radius 1 is 1.15 bits per heavy atom. The molecule has 0 saturated heterocycles. The van der Waals surface area contributed by atoms with Crippen LogP contribution in [0.2, 0.25) is 0 Å². The van der Waals surface area contributed by atoms with Gasteiger partial charge < -0.3 is 5.11 Å². The predicted octanol–water partition coefficient (Wildman–Crippen LogP) is 2.63. The van der Waals surface area contributed by atoms with Gasteiger partial charge in [0.1, 0.15) is 6.04 Å². The van der Waals surface area contributed by atoms with Crippen LogP contribution < -0.4 is 4.72 Å². The zero-order chi connectivity index (χ0) is 15.8. The van der Waals surface area contributed by atoms with Crippen LogP contribution >= 0.6 is 0 Å². The molecule has 0 aliphatic carbocycles. The van der Waals surface area contributed by atoms with Gasteiger partial charge in [0.2, 0.25) is 0 Å². The van der Waals surface area contributed by atoms with E-state index < -0.39 is 27.5 Å². The molecule has 9 heteroatoms. The molecular weight excluding hydrogens is 299 g/mol. The molecule has 20 heavy (non-hydrogen) atoms. The minimum absolute atomic E-state index is 0.156. The maximum absolute atomic E-state index is 12.1. The molecule has 0 radical (unpaired) electrons. The van der Waals surface area contributed by atoms with Crippen LogP contribution in [-0.2, 0) is 14.8 Å². The van der Waals surface area contributed by atoms with Gasteiger partial charge in [-0.3, -0.25) is 4.79 Å². The monoisotopic (exact) mass is 319 g/mol. The minimum Gasteiger partial charge on any atom is -0.480 e. The molecule has 2 N–H and O–H groups in total. The molecule has 0 fully saturated rings. The minimum atomic E-state index is -5.62. The first-order valence-electron chi connectivity index (χ1n) is 6.43. The number of nitrogens with one attached hydrogen (secondary N) is 1. The zero-order valence-electron chi connectivity index (χ0n) is 11.2. The molecule has 0 aromatic heterocycles. The molecule has 5 nitrogen and oxygen atoms in total. The number of sulfonamides is 1. The molecule has 0 heterocycles. The van der Waals surface area contributed by atoms with Crippen molar-refractivity contribution in [1.29, 1.82) is 0 Å². The van der Waals surface area contributed by atoms with Crippen LogP contribution in [-0.4, -0.2) is 31.0 Å². The molecule has 0 spiro atoms. The molecule has 0 amide bonds. The average Bonchev–Trinajstić information content (AvgIpc) is 2.30. The lowest BCUT2D eigenvalue weighted by Gasteiger charge is -2.16. The second kappa shape index (κ2) is 8.46. The van der Waals surface area contributed by atoms with Gasteiger partial charge in [0.15, 0.2) is 0 Å². The predicted molar refractivity (Wildman–Crippen MR) is 67.5 cm³/mol. The van der Waals surface area contributed by atoms with E-state index in [2.05, 4.69) is 0 Å². The molecule has 0 aromatic carbocycles. The Balaban J connectivity index is 4.30. The van der Waals surface area contributed by atoms with Gasteiger partial charge in [0.05, 0.1) is 0 Å². The fourth-order valence-corrected chi connectivity index (χ4v) is 2.34. The van der Waals surface area contributed by atoms with E-state index >= 15 is 0 Å². The quantitative estimate of drug-likeness (QED) is 0.606. The third kappa shape index (κ3) is 7.09. The van der Waals surface area contributed by atoms with Crippen LogP contribution in [0.3, 0.4) is 0 Å². The smallest absolute Gasteiger partial charge is 0.480 e. The molecule has 1 atom stereocenters. The highest BCUT2D eigenvalue weighted by atomic mass is 32.2. The third-order valence-corrected chi connectivity index (χ3v) is 3.95. The number of halogens is 3. The number of carbonyl (C=O) groups is 1. The van der Waals surface area contributed by atoms with Crippen LogP contribution in [0.5, 0.6) is 0 Å². The van der Waals surface area contributed by atoms with E-state index in [0.717, 1.165) is 25.7 Å². The van der Waals surface area contributed by atoms with Gasteiger partial charge in [-0.25, -0.2) is 8.42 Å². The lowest BCUT2D eigenvalue weighted by atomic mass is 10.1. The number of hydrogen-bond donors (Lipinski definition) is 2. The largest absolute Gasteiger partial charge is 0.511 e. The molecule has 0 aromatic rings. The Bertz CT molecular complexity index is 395. The molecule has 0 rings (SSSR count). The number of unbranched alkanes of at least 4 members (excludes halogenated alkanes) is 5. The van der Waals surface area contributed by atoms with E-state index in [9.17, 15) is 26.4 Å². The van der Waals surface area contributed by atoms with E-state index in [1.807, 2.05) is 6.92 Å². The maximum atomic E-state index is 12.1. The van der Waals surface area contributed by atoms with Gasteiger partial charge >= 0.3 is 21.5 Å². The highest BCUT2D eigenvalue weighted by molar-refractivity contribution is 7.90. The Hall–Kier alpha value is -0.830. The van der Waals surface area contributed by atoms with Gasteiger partial charge in [-0.1, -0.05) is 45.4 Å². The Morgan fingerprint density at radius 3 is 2.10 bits per heavy atom. The second-order valence-corrected chi connectivity index (χ2v) is 6.22. The normalized spacial score (nSPS) is 14.2. The Labute approximate surface area is 116 Å². The SMILES string of the molecule is CCCCCCCCC(NS(=O)(=O)C(F)(F)F)C(=O)O. The molecule has 0 aliphatic heterocycles. The van der Waals surface area contributed by atoms with Crippen molar-refractivity contribution in [3.63, 3.8) is 0 Å². The first-order chi connectivity index (χ1) is 9.12. The standard InChI is InChI=1S/C11H20F3NO4S/c1-2-3-4-5-6-7-8-9(10(16)17)15-20(18,19)11(12,13)14/h9,15H,2-8H2,1H3,(H,16,17). The fourth-order valence-electron chi connectivity index (χ4n) is 1.62. The lowest BCUT2D eigenvalue weighted by molar-refractivity contribution is -0.139. The summed E-state index contributed by atoms with van der Waals surface area (Å²) in [4.78, 5) is 10.8. The summed E-state index contributed by atoms with van der Waals surface area (Å²) in [5.41, 5.74) is -5.50. The number of rotatable bonds is 10. The van der Waals surface area contributed by atoms with Crippen molar-refractivity contribution in [2.75, 3.05) is 0 Å². The van der Waals surface area contributed by atoms with Gasteiger partial charge in [-0.15, -0.1) is 0 Å². The van der Waals surface area contributed by atoms with E-state index in [-0.39, 0.29) is 6.42 Å². The molecule has 0 saturated carbocycles. The lowest BCUT2D eigenvalue weighted by Crippen LogP contribution is -2.46. The van der Waals surface area contributed by atoms with Gasteiger partial charge in [0.25, 0.3) is 0 Å². The van der Waals surface area contributed by atoms with Crippen molar-refractivity contribution in [3.8, 4) is 0 Å². The fraction of sp³-hybridized carbons (Fsp3) is 0.909. The summed E-state index contributed by atoms with van der Waals surface area (Å²) >= 11 is 0. The summed E-state index contributed by atoms with van der Waals surface area (Å²) in [5, 5.41) is 8.75. The molecule has 0 aliphatic rings. The third-order valence-electron chi connectivity index (χ3n) is 2.75. The van der Waals surface area contributed by atoms with Crippen LogP contribution in [0.15, 0.2) is 0 Å². The summed E-state index contributed by atoms with van der Waals surface area (Å²) in [7, 11) is -5.62. The maximum Gasteiger partial charge on any atom is 0.511 e. The summed E-state index contributed by atoms with van der Waals surface area (Å²) in [5.74, 6) is -1.61. The van der Waals surface area contributed by atoms with E-state index in [1.165, 1.54) is 4.72 Å². The summed E-state index contributed by atoms with van der Waals surface area (Å²) < 4.78 is 59.3. The number of carboxylic acid groups (broad SMARTS) is 1. The molecule has 120 valence electrons. The van der Waals surface area contributed by atoms with Crippen molar-refractivity contribution < 1.29 is 31.5 Å². The van der Waals surface area contributed by atoms with Crippen molar-refractivity contribution in [2.24, 2.45) is 0 Å². The van der Waals surface area contributed by atoms with Crippen LogP contribution in [0, 0.1) is 0 Å². The number of carboxylic acids is 1. The van der Waals surface area contributed by atoms with Crippen LogP contribution in [0.4, 0.5) is 13.2 Å². The first kappa shape index (κ1) is 19.2. The summed E-state index contributed by atoms with van der Waals surface area (Å²) in [6.45, 7) is 2.03. The van der Waals surface area contributed by atoms with Crippen LogP contribution in [0.1, 0.15) is 51.9 Å². The van der Waals surface area contributed by atoms with Gasteiger partial charge in [-0.2, -0.15) is 17.9 Å². The Kier molecular flexibility index (Phi) is 8.10.